The molecule has 2 heterocycles. The van der Waals surface area contributed by atoms with Gasteiger partial charge in [0.05, 0.1) is 18.4 Å². The number of rotatable bonds is 6. The molecule has 33 heavy (non-hydrogen) atoms. The molecule has 0 radical (unpaired) electrons. The van der Waals surface area contributed by atoms with Crippen molar-refractivity contribution in [1.29, 1.82) is 5.26 Å². The zero-order valence-corrected chi connectivity index (χ0v) is 18.1. The maximum Gasteiger partial charge on any atom is 0.342 e. The third-order valence-corrected chi connectivity index (χ3v) is 5.55. The van der Waals surface area contributed by atoms with Gasteiger partial charge in [0, 0.05) is 11.1 Å². The standard InChI is InChI=1S/C25H21N3O5/c1-15-16(2)28(13-18-7-5-11-32-18)24(21(15)12-26)27-22(29)14-33-25(31)20-10-9-17-6-3-4-8-19(17)23(20)30/h3-11,30H,13-14H2,1-2H3,(H,27,29). The molecule has 8 nitrogen and oxygen atoms in total. The van der Waals surface area contributed by atoms with Gasteiger partial charge in [-0.05, 0) is 43.0 Å². The number of furan rings is 1. The number of carbonyl (C=O) groups is 2. The van der Waals surface area contributed by atoms with Crippen LogP contribution >= 0.6 is 0 Å². The minimum Gasteiger partial charge on any atom is -0.506 e. The van der Waals surface area contributed by atoms with Gasteiger partial charge in [0.1, 0.15) is 29.0 Å². The van der Waals surface area contributed by atoms with Crippen LogP contribution in [0.25, 0.3) is 10.8 Å². The van der Waals surface area contributed by atoms with Crippen molar-refractivity contribution in [2.75, 3.05) is 11.9 Å². The summed E-state index contributed by atoms with van der Waals surface area (Å²) in [6, 6.07) is 15.9. The van der Waals surface area contributed by atoms with Crippen molar-refractivity contribution < 1.29 is 23.8 Å². The number of aromatic nitrogens is 1. The van der Waals surface area contributed by atoms with E-state index >= 15 is 0 Å². The molecule has 0 unspecified atom stereocenters. The topological polar surface area (TPSA) is 117 Å². The van der Waals surface area contributed by atoms with Crippen molar-refractivity contribution in [1.82, 2.24) is 4.57 Å². The summed E-state index contributed by atoms with van der Waals surface area (Å²) in [7, 11) is 0. The average molecular weight is 443 g/mol. The molecule has 0 saturated carbocycles. The quantitative estimate of drug-likeness (QED) is 0.430. The highest BCUT2D eigenvalue weighted by Crippen LogP contribution is 2.29. The van der Waals surface area contributed by atoms with Crippen LogP contribution in [0.2, 0.25) is 0 Å². The zero-order chi connectivity index (χ0) is 23.5. The number of hydrogen-bond donors (Lipinski definition) is 2. The van der Waals surface area contributed by atoms with Crippen molar-refractivity contribution in [3.05, 3.63) is 82.9 Å². The van der Waals surface area contributed by atoms with Crippen LogP contribution in [0, 0.1) is 25.2 Å². The molecule has 2 aromatic carbocycles. The van der Waals surface area contributed by atoms with Gasteiger partial charge in [0.25, 0.3) is 5.91 Å². The van der Waals surface area contributed by atoms with Crippen LogP contribution in [-0.4, -0.2) is 28.2 Å². The molecule has 166 valence electrons. The highest BCUT2D eigenvalue weighted by Gasteiger charge is 2.22. The summed E-state index contributed by atoms with van der Waals surface area (Å²) in [4.78, 5) is 25.1. The molecule has 2 aromatic heterocycles. The lowest BCUT2D eigenvalue weighted by Crippen LogP contribution is -2.23. The van der Waals surface area contributed by atoms with Crippen LogP contribution in [0.15, 0.2) is 59.2 Å². The second-order valence-electron chi connectivity index (χ2n) is 7.52. The number of carbonyl (C=O) groups excluding carboxylic acids is 2. The van der Waals surface area contributed by atoms with Crippen LogP contribution in [0.3, 0.4) is 0 Å². The van der Waals surface area contributed by atoms with E-state index in [-0.39, 0.29) is 11.3 Å². The van der Waals surface area contributed by atoms with E-state index in [1.54, 1.807) is 48.1 Å². The number of ether oxygens (including phenoxy) is 1. The Balaban J connectivity index is 1.50. The first-order chi connectivity index (χ1) is 15.9. The lowest BCUT2D eigenvalue weighted by molar-refractivity contribution is -0.119. The van der Waals surface area contributed by atoms with Crippen molar-refractivity contribution in [3.8, 4) is 11.8 Å². The van der Waals surface area contributed by atoms with Crippen LogP contribution < -0.4 is 5.32 Å². The number of esters is 1. The van der Waals surface area contributed by atoms with Gasteiger partial charge in [-0.3, -0.25) is 4.79 Å². The van der Waals surface area contributed by atoms with E-state index in [9.17, 15) is 20.0 Å². The number of nitrogens with one attached hydrogen (secondary N) is 1. The van der Waals surface area contributed by atoms with E-state index in [1.807, 2.05) is 19.1 Å². The normalized spacial score (nSPS) is 10.7. The Kier molecular flexibility index (Phi) is 5.87. The SMILES string of the molecule is Cc1c(C#N)c(NC(=O)COC(=O)c2ccc3ccccc3c2O)n(Cc2ccco2)c1C. The van der Waals surface area contributed by atoms with E-state index < -0.39 is 18.5 Å². The van der Waals surface area contributed by atoms with Gasteiger partial charge in [-0.1, -0.05) is 30.3 Å². The number of hydrogen-bond acceptors (Lipinski definition) is 6. The Morgan fingerprint density at radius 2 is 1.94 bits per heavy atom. The summed E-state index contributed by atoms with van der Waals surface area (Å²) >= 11 is 0. The fourth-order valence-corrected chi connectivity index (χ4v) is 3.68. The first kappa shape index (κ1) is 21.7. The maximum atomic E-state index is 12.6. The Morgan fingerprint density at radius 1 is 1.15 bits per heavy atom. The lowest BCUT2D eigenvalue weighted by atomic mass is 10.1. The van der Waals surface area contributed by atoms with E-state index in [4.69, 9.17) is 9.15 Å². The molecule has 0 spiro atoms. The Hall–Kier alpha value is -4.51. The Labute approximate surface area is 189 Å². The molecular weight excluding hydrogens is 422 g/mol. The summed E-state index contributed by atoms with van der Waals surface area (Å²) in [5, 5.41) is 24.0. The molecule has 2 N–H and O–H groups in total. The fourth-order valence-electron chi connectivity index (χ4n) is 3.68. The van der Waals surface area contributed by atoms with Gasteiger partial charge in [0.2, 0.25) is 0 Å². The lowest BCUT2D eigenvalue weighted by Gasteiger charge is -2.12. The van der Waals surface area contributed by atoms with E-state index in [1.165, 1.54) is 6.07 Å². The molecule has 0 fully saturated rings. The monoisotopic (exact) mass is 443 g/mol. The number of aromatic hydroxyl groups is 1. The maximum absolute atomic E-state index is 12.6. The molecule has 0 saturated heterocycles. The number of benzene rings is 2. The number of phenols is 1. The number of phenolic OH excluding ortho intramolecular Hbond substituents is 1. The van der Waals surface area contributed by atoms with Crippen molar-refractivity contribution in [2.45, 2.75) is 20.4 Å². The number of fused-ring (bicyclic) bond motifs is 1. The summed E-state index contributed by atoms with van der Waals surface area (Å²) in [5.74, 6) is -0.681. The summed E-state index contributed by atoms with van der Waals surface area (Å²) in [6.45, 7) is 3.38. The molecular formula is C25H21N3O5. The molecule has 1 amide bonds. The van der Waals surface area contributed by atoms with Crippen LogP contribution in [-0.2, 0) is 16.1 Å². The zero-order valence-electron chi connectivity index (χ0n) is 18.1. The summed E-state index contributed by atoms with van der Waals surface area (Å²) < 4.78 is 12.3. The third-order valence-electron chi connectivity index (χ3n) is 5.55. The predicted molar refractivity (Wildman–Crippen MR) is 121 cm³/mol. The highest BCUT2D eigenvalue weighted by molar-refractivity contribution is 6.02. The molecule has 0 atom stereocenters. The first-order valence-corrected chi connectivity index (χ1v) is 10.2. The third kappa shape index (κ3) is 4.16. The van der Waals surface area contributed by atoms with Gasteiger partial charge in [-0.15, -0.1) is 0 Å². The minimum absolute atomic E-state index is 0.0351. The Morgan fingerprint density at radius 3 is 2.67 bits per heavy atom. The number of anilines is 1. The minimum atomic E-state index is -0.827. The number of amides is 1. The van der Waals surface area contributed by atoms with Crippen LogP contribution in [0.4, 0.5) is 5.82 Å². The average Bonchev–Trinajstić information content (AvgIpc) is 3.41. The Bertz CT molecular complexity index is 1390. The smallest absolute Gasteiger partial charge is 0.342 e. The number of nitriles is 1. The second-order valence-corrected chi connectivity index (χ2v) is 7.52. The summed E-state index contributed by atoms with van der Waals surface area (Å²) in [5.41, 5.74) is 1.83. The van der Waals surface area contributed by atoms with Crippen molar-refractivity contribution >= 4 is 28.5 Å². The van der Waals surface area contributed by atoms with Gasteiger partial charge in [-0.2, -0.15) is 5.26 Å². The van der Waals surface area contributed by atoms with Gasteiger partial charge < -0.3 is 24.1 Å². The second kappa shape index (κ2) is 8.93. The van der Waals surface area contributed by atoms with Gasteiger partial charge in [-0.25, -0.2) is 4.79 Å². The fraction of sp³-hybridized carbons (Fsp3) is 0.160. The van der Waals surface area contributed by atoms with Crippen molar-refractivity contribution in [2.24, 2.45) is 0 Å². The molecule has 0 bridgehead atoms. The largest absolute Gasteiger partial charge is 0.506 e. The molecule has 0 aliphatic rings. The first-order valence-electron chi connectivity index (χ1n) is 10.2. The molecule has 4 aromatic rings. The van der Waals surface area contributed by atoms with E-state index in [0.29, 0.717) is 29.1 Å². The molecule has 0 aliphatic heterocycles. The highest BCUT2D eigenvalue weighted by atomic mass is 16.5. The summed E-state index contributed by atoms with van der Waals surface area (Å²) in [6.07, 6.45) is 1.55. The predicted octanol–water partition coefficient (Wildman–Crippen LogP) is 4.27. The molecule has 0 aliphatic carbocycles. The van der Waals surface area contributed by atoms with Crippen LogP contribution in [0.1, 0.15) is 32.9 Å². The van der Waals surface area contributed by atoms with Crippen LogP contribution in [0.5, 0.6) is 5.75 Å². The number of nitrogens with zero attached hydrogens (tertiary/aromatic N) is 2. The van der Waals surface area contributed by atoms with E-state index in [2.05, 4.69) is 11.4 Å². The molecule has 4 rings (SSSR count). The van der Waals surface area contributed by atoms with Gasteiger partial charge in [0.15, 0.2) is 6.61 Å². The van der Waals surface area contributed by atoms with Gasteiger partial charge >= 0.3 is 5.97 Å². The molecule has 8 heteroatoms. The van der Waals surface area contributed by atoms with Crippen molar-refractivity contribution in [3.63, 3.8) is 0 Å². The van der Waals surface area contributed by atoms with E-state index in [0.717, 1.165) is 16.6 Å².